The Bertz CT molecular complexity index is 531. The monoisotopic (exact) mass is 303 g/mol. The van der Waals surface area contributed by atoms with Crippen molar-refractivity contribution < 1.29 is 9.15 Å². The molecule has 0 aromatic carbocycles. The maximum atomic E-state index is 5.43. The van der Waals surface area contributed by atoms with Gasteiger partial charge in [0.05, 0.1) is 13.2 Å². The zero-order valence-electron chi connectivity index (χ0n) is 8.57. The lowest BCUT2D eigenvalue weighted by atomic mass is 10.4. The molecule has 0 fully saturated rings. The molecule has 7 heteroatoms. The highest BCUT2D eigenvalue weighted by molar-refractivity contribution is 9.10. The molecule has 86 valence electrons. The van der Waals surface area contributed by atoms with Gasteiger partial charge in [0.15, 0.2) is 21.0 Å². The van der Waals surface area contributed by atoms with Crippen molar-refractivity contribution in [3.63, 3.8) is 0 Å². The van der Waals surface area contributed by atoms with Crippen LogP contribution in [0.3, 0.4) is 0 Å². The number of rotatable bonds is 4. The van der Waals surface area contributed by atoms with E-state index in [0.717, 1.165) is 0 Å². The van der Waals surface area contributed by atoms with Crippen molar-refractivity contribution in [1.29, 1.82) is 0 Å². The average Bonchev–Trinajstić information content (AvgIpc) is 2.82. The molecule has 2 heterocycles. The fourth-order valence-corrected chi connectivity index (χ4v) is 1.86. The number of aromatic amines is 1. The third-order valence-corrected chi connectivity index (χ3v) is 2.81. The minimum Gasteiger partial charge on any atom is -0.446 e. The van der Waals surface area contributed by atoms with Crippen LogP contribution in [0.4, 0.5) is 0 Å². The van der Waals surface area contributed by atoms with Gasteiger partial charge in [-0.15, -0.1) is 0 Å². The van der Waals surface area contributed by atoms with Gasteiger partial charge >= 0.3 is 0 Å². The van der Waals surface area contributed by atoms with Crippen LogP contribution in [0.5, 0.6) is 0 Å². The van der Waals surface area contributed by atoms with E-state index in [4.69, 9.17) is 21.4 Å². The Labute approximate surface area is 106 Å². The van der Waals surface area contributed by atoms with Gasteiger partial charge in [-0.1, -0.05) is 0 Å². The number of aromatic nitrogens is 3. The van der Waals surface area contributed by atoms with Gasteiger partial charge in [-0.2, -0.15) is 5.10 Å². The van der Waals surface area contributed by atoms with Gasteiger partial charge in [0, 0.05) is 7.11 Å². The zero-order valence-corrected chi connectivity index (χ0v) is 11.0. The van der Waals surface area contributed by atoms with Gasteiger partial charge in [0.2, 0.25) is 0 Å². The van der Waals surface area contributed by atoms with Gasteiger partial charge < -0.3 is 9.15 Å². The van der Waals surface area contributed by atoms with Crippen molar-refractivity contribution in [3.8, 4) is 11.6 Å². The van der Waals surface area contributed by atoms with E-state index in [1.54, 1.807) is 7.11 Å². The number of H-pyrrole nitrogens is 1. The van der Waals surface area contributed by atoms with Gasteiger partial charge in [-0.3, -0.25) is 9.67 Å². The molecule has 2 rings (SSSR count). The summed E-state index contributed by atoms with van der Waals surface area (Å²) in [5, 5.41) is 6.87. The van der Waals surface area contributed by atoms with E-state index >= 15 is 0 Å². The Morgan fingerprint density at radius 2 is 2.44 bits per heavy atom. The molecule has 0 saturated carbocycles. The normalized spacial score (nSPS) is 10.9. The minimum atomic E-state index is 0.555. The number of hydrogen-bond acceptors (Lipinski definition) is 4. The van der Waals surface area contributed by atoms with Crippen LogP contribution < -0.4 is 0 Å². The van der Waals surface area contributed by atoms with Crippen molar-refractivity contribution in [1.82, 2.24) is 14.8 Å². The topological polar surface area (TPSA) is 56.0 Å². The summed E-state index contributed by atoms with van der Waals surface area (Å²) in [6.45, 7) is 1.21. The molecule has 0 radical (unpaired) electrons. The average molecular weight is 304 g/mol. The van der Waals surface area contributed by atoms with Crippen LogP contribution in [0.2, 0.25) is 0 Å². The SMILES string of the molecule is COCCn1c(-c2ccc(Br)o2)n[nH]c1=S. The largest absolute Gasteiger partial charge is 0.446 e. The quantitative estimate of drug-likeness (QED) is 0.882. The molecular formula is C9H10BrN3O2S. The highest BCUT2D eigenvalue weighted by Crippen LogP contribution is 2.23. The Morgan fingerprint density at radius 3 is 3.06 bits per heavy atom. The van der Waals surface area contributed by atoms with Gasteiger partial charge in [-0.05, 0) is 40.3 Å². The second-order valence-electron chi connectivity index (χ2n) is 3.10. The van der Waals surface area contributed by atoms with Crippen molar-refractivity contribution in [3.05, 3.63) is 21.6 Å². The maximum absolute atomic E-state index is 5.43. The van der Waals surface area contributed by atoms with Gasteiger partial charge in [0.25, 0.3) is 0 Å². The molecule has 2 aromatic rings. The fourth-order valence-electron chi connectivity index (χ4n) is 1.33. The highest BCUT2D eigenvalue weighted by atomic mass is 79.9. The number of methoxy groups -OCH3 is 1. The lowest BCUT2D eigenvalue weighted by molar-refractivity contribution is 0.187. The third kappa shape index (κ3) is 2.26. The number of halogens is 1. The summed E-state index contributed by atoms with van der Waals surface area (Å²) in [4.78, 5) is 0. The molecule has 0 aliphatic carbocycles. The summed E-state index contributed by atoms with van der Waals surface area (Å²) in [6.07, 6.45) is 0. The van der Waals surface area contributed by atoms with Crippen molar-refractivity contribution in [2.24, 2.45) is 0 Å². The van der Waals surface area contributed by atoms with E-state index in [2.05, 4.69) is 26.1 Å². The predicted molar refractivity (Wildman–Crippen MR) is 64.7 cm³/mol. The standard InChI is InChI=1S/C9H10BrN3O2S/c1-14-5-4-13-8(11-12-9(13)16)6-2-3-7(10)15-6/h2-3H,4-5H2,1H3,(H,12,16). The van der Waals surface area contributed by atoms with Gasteiger partial charge in [0.1, 0.15) is 0 Å². The first-order valence-corrected chi connectivity index (χ1v) is 5.82. The molecule has 0 aliphatic rings. The molecule has 0 amide bonds. The Kier molecular flexibility index (Phi) is 3.57. The summed E-state index contributed by atoms with van der Waals surface area (Å²) < 4.78 is 13.5. The first-order chi connectivity index (χ1) is 7.72. The molecule has 0 unspecified atom stereocenters. The van der Waals surface area contributed by atoms with Crippen molar-refractivity contribution >= 4 is 28.1 Å². The van der Waals surface area contributed by atoms with Crippen LogP contribution in [0.25, 0.3) is 11.6 Å². The first-order valence-electron chi connectivity index (χ1n) is 4.62. The summed E-state index contributed by atoms with van der Waals surface area (Å²) in [5.41, 5.74) is 0. The van der Waals surface area contributed by atoms with E-state index in [1.807, 2.05) is 16.7 Å². The molecule has 0 spiro atoms. The van der Waals surface area contributed by atoms with Crippen LogP contribution in [0.1, 0.15) is 0 Å². The van der Waals surface area contributed by atoms with E-state index < -0.39 is 0 Å². The van der Waals surface area contributed by atoms with Crippen LogP contribution >= 0.6 is 28.1 Å². The third-order valence-electron chi connectivity index (χ3n) is 2.07. The van der Waals surface area contributed by atoms with Gasteiger partial charge in [-0.25, -0.2) is 0 Å². The molecule has 0 saturated heterocycles. The Hall–Kier alpha value is -0.920. The van der Waals surface area contributed by atoms with Crippen molar-refractivity contribution in [2.75, 3.05) is 13.7 Å². The smallest absolute Gasteiger partial charge is 0.198 e. The Balaban J connectivity index is 2.37. The van der Waals surface area contributed by atoms with Crippen LogP contribution in [-0.4, -0.2) is 28.5 Å². The van der Waals surface area contributed by atoms with E-state index in [-0.39, 0.29) is 0 Å². The lowest BCUT2D eigenvalue weighted by Crippen LogP contribution is -2.05. The second kappa shape index (κ2) is 4.94. The van der Waals surface area contributed by atoms with E-state index in [1.165, 1.54) is 0 Å². The summed E-state index contributed by atoms with van der Waals surface area (Å²) >= 11 is 8.38. The predicted octanol–water partition coefficient (Wildman–Crippen LogP) is 2.61. The molecule has 0 atom stereocenters. The number of ether oxygens (including phenoxy) is 1. The molecule has 5 nitrogen and oxygen atoms in total. The summed E-state index contributed by atoms with van der Waals surface area (Å²) in [5.74, 6) is 1.34. The molecule has 0 aliphatic heterocycles. The summed E-state index contributed by atoms with van der Waals surface area (Å²) in [7, 11) is 1.65. The zero-order chi connectivity index (χ0) is 11.5. The summed E-state index contributed by atoms with van der Waals surface area (Å²) in [6, 6.07) is 3.64. The maximum Gasteiger partial charge on any atom is 0.198 e. The van der Waals surface area contributed by atoms with Crippen molar-refractivity contribution in [2.45, 2.75) is 6.54 Å². The number of hydrogen-bond donors (Lipinski definition) is 1. The number of nitrogens with one attached hydrogen (secondary N) is 1. The molecule has 0 bridgehead atoms. The van der Waals surface area contributed by atoms with Crippen LogP contribution in [-0.2, 0) is 11.3 Å². The number of furan rings is 1. The highest BCUT2D eigenvalue weighted by Gasteiger charge is 2.12. The second-order valence-corrected chi connectivity index (χ2v) is 4.27. The fraction of sp³-hybridized carbons (Fsp3) is 0.333. The lowest BCUT2D eigenvalue weighted by Gasteiger charge is -2.03. The first kappa shape index (κ1) is 11.6. The molecule has 1 N–H and O–H groups in total. The van der Waals surface area contributed by atoms with Crippen LogP contribution in [0, 0.1) is 4.77 Å². The number of nitrogens with zero attached hydrogens (tertiary/aromatic N) is 2. The molecule has 16 heavy (non-hydrogen) atoms. The Morgan fingerprint density at radius 1 is 1.62 bits per heavy atom. The molecule has 2 aromatic heterocycles. The van der Waals surface area contributed by atoms with Crippen LogP contribution in [0.15, 0.2) is 21.2 Å². The van der Waals surface area contributed by atoms with E-state index in [9.17, 15) is 0 Å². The molecular weight excluding hydrogens is 294 g/mol. The minimum absolute atomic E-state index is 0.555. The van der Waals surface area contributed by atoms with E-state index in [0.29, 0.717) is 34.2 Å².